The van der Waals surface area contributed by atoms with E-state index >= 15 is 0 Å². The predicted octanol–water partition coefficient (Wildman–Crippen LogP) is 0.508. The van der Waals surface area contributed by atoms with Gasteiger partial charge in [0.05, 0.1) is 5.92 Å². The zero-order valence-electron chi connectivity index (χ0n) is 9.30. The van der Waals surface area contributed by atoms with Gasteiger partial charge in [0.15, 0.2) is 0 Å². The van der Waals surface area contributed by atoms with Gasteiger partial charge < -0.3 is 4.90 Å². The van der Waals surface area contributed by atoms with Crippen molar-refractivity contribution in [3.05, 3.63) is 35.9 Å². The first-order chi connectivity index (χ1) is 8.22. The first kappa shape index (κ1) is 11.6. The molecule has 17 heavy (non-hydrogen) atoms. The molecule has 0 spiro atoms. The van der Waals surface area contributed by atoms with E-state index in [2.05, 4.69) is 0 Å². The number of carbonyl (C=O) groups is 2. The fourth-order valence-corrected chi connectivity index (χ4v) is 2.10. The third-order valence-electron chi connectivity index (χ3n) is 2.96. The van der Waals surface area contributed by atoms with E-state index in [0.717, 1.165) is 5.56 Å². The largest absolute Gasteiger partial charge is 0.333 e. The summed E-state index contributed by atoms with van der Waals surface area (Å²) in [6.07, 6.45) is 0.710. The Balaban J connectivity index is 2.05. The minimum atomic E-state index is -0.563. The molecule has 1 aliphatic heterocycles. The molecule has 1 aromatic carbocycles. The van der Waals surface area contributed by atoms with Crippen LogP contribution >= 0.6 is 0 Å². The van der Waals surface area contributed by atoms with Crippen LogP contribution < -0.4 is 5.48 Å². The van der Waals surface area contributed by atoms with Gasteiger partial charge in [-0.25, -0.2) is 5.48 Å². The number of hydrogen-bond donors (Lipinski definition) is 2. The minimum Gasteiger partial charge on any atom is -0.333 e. The Morgan fingerprint density at radius 1 is 1.41 bits per heavy atom. The van der Waals surface area contributed by atoms with Gasteiger partial charge in [-0.1, -0.05) is 30.3 Å². The van der Waals surface area contributed by atoms with Crippen molar-refractivity contribution in [2.45, 2.75) is 12.3 Å². The van der Waals surface area contributed by atoms with Gasteiger partial charge >= 0.3 is 0 Å². The van der Waals surface area contributed by atoms with Gasteiger partial charge in [-0.2, -0.15) is 0 Å². The monoisotopic (exact) mass is 234 g/mol. The van der Waals surface area contributed by atoms with Crippen LogP contribution in [0.1, 0.15) is 17.9 Å². The smallest absolute Gasteiger partial charge is 0.262 e. The molecule has 0 bridgehead atoms. The van der Waals surface area contributed by atoms with Gasteiger partial charge in [0.1, 0.15) is 6.54 Å². The number of hydroxylamine groups is 1. The molecular weight excluding hydrogens is 220 g/mol. The Kier molecular flexibility index (Phi) is 3.39. The van der Waals surface area contributed by atoms with Gasteiger partial charge in [0, 0.05) is 6.54 Å². The van der Waals surface area contributed by atoms with Crippen molar-refractivity contribution in [2.24, 2.45) is 0 Å². The van der Waals surface area contributed by atoms with Crippen LogP contribution in [-0.2, 0) is 9.59 Å². The van der Waals surface area contributed by atoms with Crippen molar-refractivity contribution < 1.29 is 14.8 Å². The third-order valence-corrected chi connectivity index (χ3v) is 2.96. The summed E-state index contributed by atoms with van der Waals surface area (Å²) in [5, 5.41) is 8.43. The number of benzene rings is 1. The van der Waals surface area contributed by atoms with E-state index in [-0.39, 0.29) is 18.4 Å². The highest BCUT2D eigenvalue weighted by atomic mass is 16.5. The maximum atomic E-state index is 12.0. The molecule has 5 heteroatoms. The van der Waals surface area contributed by atoms with Crippen LogP contribution in [-0.4, -0.2) is 35.0 Å². The van der Waals surface area contributed by atoms with Crippen LogP contribution in [0.15, 0.2) is 30.3 Å². The highest BCUT2D eigenvalue weighted by Crippen LogP contribution is 2.27. The van der Waals surface area contributed by atoms with E-state index in [1.54, 1.807) is 0 Å². The van der Waals surface area contributed by atoms with Gasteiger partial charge in [0.2, 0.25) is 5.91 Å². The van der Waals surface area contributed by atoms with E-state index in [4.69, 9.17) is 5.21 Å². The topological polar surface area (TPSA) is 69.6 Å². The zero-order chi connectivity index (χ0) is 12.3. The van der Waals surface area contributed by atoms with Crippen molar-refractivity contribution >= 4 is 11.8 Å². The number of nitrogens with one attached hydrogen (secondary N) is 1. The summed E-state index contributed by atoms with van der Waals surface area (Å²) >= 11 is 0. The normalized spacial score (nSPS) is 19.5. The standard InChI is InChI=1S/C12H14N2O3/c15-11(13-17)8-14-7-6-10(12(14)16)9-4-2-1-3-5-9/h1-5,10,17H,6-8H2,(H,13,15). The lowest BCUT2D eigenvalue weighted by atomic mass is 9.98. The Hall–Kier alpha value is -1.88. The second-order valence-electron chi connectivity index (χ2n) is 4.05. The SMILES string of the molecule is O=C(CN1CCC(c2ccccc2)C1=O)NO. The average Bonchev–Trinajstić information content (AvgIpc) is 2.72. The van der Waals surface area contributed by atoms with Gasteiger partial charge in [-0.05, 0) is 12.0 Å². The van der Waals surface area contributed by atoms with E-state index in [0.29, 0.717) is 13.0 Å². The van der Waals surface area contributed by atoms with Crippen LogP contribution in [0, 0.1) is 0 Å². The lowest BCUT2D eigenvalue weighted by molar-refractivity contribution is -0.137. The Morgan fingerprint density at radius 3 is 2.76 bits per heavy atom. The molecule has 1 fully saturated rings. The molecule has 1 atom stereocenters. The Labute approximate surface area is 99.0 Å². The van der Waals surface area contributed by atoms with Gasteiger partial charge in [-0.3, -0.25) is 14.8 Å². The fourth-order valence-electron chi connectivity index (χ4n) is 2.10. The van der Waals surface area contributed by atoms with Crippen LogP contribution in [0.5, 0.6) is 0 Å². The van der Waals surface area contributed by atoms with E-state index < -0.39 is 5.91 Å². The molecule has 1 unspecified atom stereocenters. The number of amides is 2. The van der Waals surface area contributed by atoms with Crippen molar-refractivity contribution in [1.29, 1.82) is 0 Å². The summed E-state index contributed by atoms with van der Waals surface area (Å²) in [5.41, 5.74) is 2.51. The van der Waals surface area contributed by atoms with E-state index in [9.17, 15) is 9.59 Å². The lowest BCUT2D eigenvalue weighted by Gasteiger charge is -2.15. The second-order valence-corrected chi connectivity index (χ2v) is 4.05. The molecule has 1 saturated heterocycles. The predicted molar refractivity (Wildman–Crippen MR) is 60.3 cm³/mol. The van der Waals surface area contributed by atoms with Crippen LogP contribution in [0.4, 0.5) is 0 Å². The van der Waals surface area contributed by atoms with Crippen LogP contribution in [0.3, 0.4) is 0 Å². The molecule has 1 heterocycles. The summed E-state index contributed by atoms with van der Waals surface area (Å²) < 4.78 is 0. The number of rotatable bonds is 3. The molecule has 2 amide bonds. The average molecular weight is 234 g/mol. The molecule has 2 N–H and O–H groups in total. The van der Waals surface area contributed by atoms with Crippen molar-refractivity contribution in [1.82, 2.24) is 10.4 Å². The fraction of sp³-hybridized carbons (Fsp3) is 0.333. The van der Waals surface area contributed by atoms with E-state index in [1.807, 2.05) is 30.3 Å². The molecule has 5 nitrogen and oxygen atoms in total. The van der Waals surface area contributed by atoms with E-state index in [1.165, 1.54) is 10.4 Å². The quantitative estimate of drug-likeness (QED) is 0.591. The summed E-state index contributed by atoms with van der Waals surface area (Å²) in [7, 11) is 0. The molecule has 1 aliphatic rings. The summed E-state index contributed by atoms with van der Waals surface area (Å²) in [6, 6.07) is 9.52. The summed E-state index contributed by atoms with van der Waals surface area (Å²) in [5.74, 6) is -0.783. The first-order valence-electron chi connectivity index (χ1n) is 5.49. The molecule has 90 valence electrons. The lowest BCUT2D eigenvalue weighted by Crippen LogP contribution is -2.37. The van der Waals surface area contributed by atoms with Gasteiger partial charge in [-0.15, -0.1) is 0 Å². The first-order valence-corrected chi connectivity index (χ1v) is 5.49. The Morgan fingerprint density at radius 2 is 2.12 bits per heavy atom. The number of likely N-dealkylation sites (tertiary alicyclic amines) is 1. The number of nitrogens with zero attached hydrogens (tertiary/aromatic N) is 1. The van der Waals surface area contributed by atoms with Gasteiger partial charge in [0.25, 0.3) is 5.91 Å². The molecule has 0 aromatic heterocycles. The molecule has 0 saturated carbocycles. The maximum Gasteiger partial charge on any atom is 0.262 e. The molecule has 2 rings (SSSR count). The number of carbonyl (C=O) groups excluding carboxylic acids is 2. The molecule has 0 aliphatic carbocycles. The zero-order valence-corrected chi connectivity index (χ0v) is 9.30. The number of hydrogen-bond acceptors (Lipinski definition) is 3. The summed E-state index contributed by atoms with van der Waals surface area (Å²) in [6.45, 7) is 0.463. The molecule has 1 aromatic rings. The van der Waals surface area contributed by atoms with Crippen molar-refractivity contribution in [2.75, 3.05) is 13.1 Å². The third kappa shape index (κ3) is 2.45. The van der Waals surface area contributed by atoms with Crippen molar-refractivity contribution in [3.63, 3.8) is 0 Å². The van der Waals surface area contributed by atoms with Crippen molar-refractivity contribution in [3.8, 4) is 0 Å². The highest BCUT2D eigenvalue weighted by Gasteiger charge is 2.33. The van der Waals surface area contributed by atoms with Crippen LogP contribution in [0.2, 0.25) is 0 Å². The Bertz CT molecular complexity index is 419. The maximum absolute atomic E-state index is 12.0. The highest BCUT2D eigenvalue weighted by molar-refractivity contribution is 5.89. The molecule has 0 radical (unpaired) electrons. The second kappa shape index (κ2) is 4.97. The minimum absolute atomic E-state index is 0.0557. The van der Waals surface area contributed by atoms with Crippen LogP contribution in [0.25, 0.3) is 0 Å². The summed E-state index contributed by atoms with van der Waals surface area (Å²) in [4.78, 5) is 24.5. The molecular formula is C12H14N2O3.